The second-order valence-electron chi connectivity index (χ2n) is 7.83. The number of rotatable bonds is 10. The van der Waals surface area contributed by atoms with Crippen LogP contribution in [0.1, 0.15) is 36.5 Å². The molecule has 0 aromatic carbocycles. The predicted molar refractivity (Wildman–Crippen MR) is 124 cm³/mol. The maximum Gasteiger partial charge on any atom is 0.243 e. The highest BCUT2D eigenvalue weighted by atomic mass is 32.1. The van der Waals surface area contributed by atoms with Crippen LogP contribution >= 0.6 is 11.3 Å². The normalized spacial score (nSPS) is 15.8. The van der Waals surface area contributed by atoms with E-state index in [1.807, 2.05) is 4.57 Å². The van der Waals surface area contributed by atoms with Gasteiger partial charge in [0.05, 0.1) is 6.04 Å². The van der Waals surface area contributed by atoms with Crippen LogP contribution in [0.2, 0.25) is 0 Å². The molecule has 0 bridgehead atoms. The van der Waals surface area contributed by atoms with E-state index in [2.05, 4.69) is 55.2 Å². The van der Waals surface area contributed by atoms with Crippen molar-refractivity contribution in [3.63, 3.8) is 0 Å². The zero-order valence-corrected chi connectivity index (χ0v) is 19.6. The first kappa shape index (κ1) is 23.2. The molecular weight excluding hydrogens is 412 g/mol. The van der Waals surface area contributed by atoms with Gasteiger partial charge in [0, 0.05) is 45.0 Å². The highest BCUT2D eigenvalue weighted by molar-refractivity contribution is 7.10. The lowest BCUT2D eigenvalue weighted by molar-refractivity contribution is -0.127. The van der Waals surface area contributed by atoms with Crippen LogP contribution in [0.25, 0.3) is 0 Å². The smallest absolute Gasteiger partial charge is 0.243 e. The Hall–Kier alpha value is -2.46. The van der Waals surface area contributed by atoms with Gasteiger partial charge >= 0.3 is 0 Å². The molecule has 2 aromatic rings. The molecule has 1 saturated heterocycles. The Morgan fingerprint density at radius 2 is 2.13 bits per heavy atom. The topological polar surface area (TPSA) is 90.7 Å². The average Bonchev–Trinajstić information content (AvgIpc) is 3.54. The first-order valence-electron chi connectivity index (χ1n) is 10.9. The number of aromatic nitrogens is 3. The molecule has 2 N–H and O–H groups in total. The van der Waals surface area contributed by atoms with Crippen LogP contribution in [0.5, 0.6) is 0 Å². The Labute approximate surface area is 188 Å². The van der Waals surface area contributed by atoms with Crippen LogP contribution in [0, 0.1) is 0 Å². The molecule has 3 heterocycles. The number of carbonyl (C=O) groups excluding carboxylic acids is 1. The van der Waals surface area contributed by atoms with Crippen LogP contribution in [0.15, 0.2) is 28.8 Å². The van der Waals surface area contributed by atoms with Gasteiger partial charge in [-0.25, -0.2) is 4.99 Å². The Bertz CT molecular complexity index is 826. The molecule has 170 valence electrons. The summed E-state index contributed by atoms with van der Waals surface area (Å²) in [6, 6.07) is 4.62. The van der Waals surface area contributed by atoms with E-state index >= 15 is 0 Å². The number of amides is 1. The molecular formula is C21H34N8OS. The summed E-state index contributed by atoms with van der Waals surface area (Å²) in [6.45, 7) is 6.57. The zero-order chi connectivity index (χ0) is 22.1. The highest BCUT2D eigenvalue weighted by Crippen LogP contribution is 2.27. The maximum atomic E-state index is 12.1. The molecule has 0 saturated carbocycles. The molecule has 10 heteroatoms. The number of likely N-dealkylation sites (N-methyl/N-ethyl adjacent to an activating group) is 1. The van der Waals surface area contributed by atoms with Crippen molar-refractivity contribution in [1.29, 1.82) is 0 Å². The van der Waals surface area contributed by atoms with Crippen LogP contribution in [-0.4, -0.2) is 83.3 Å². The van der Waals surface area contributed by atoms with Crippen LogP contribution in [0.3, 0.4) is 0 Å². The molecule has 2 aromatic heterocycles. The van der Waals surface area contributed by atoms with Gasteiger partial charge in [0.25, 0.3) is 0 Å². The van der Waals surface area contributed by atoms with E-state index in [-0.39, 0.29) is 12.5 Å². The summed E-state index contributed by atoms with van der Waals surface area (Å²) < 4.78 is 2.04. The van der Waals surface area contributed by atoms with E-state index in [0.717, 1.165) is 38.4 Å². The SMILES string of the molecule is CCc1nncn1CCNC(=NCC(=O)N(C)C)NCC(c1cccs1)N1CCCC1. The van der Waals surface area contributed by atoms with E-state index in [0.29, 0.717) is 18.5 Å². The van der Waals surface area contributed by atoms with Crippen molar-refractivity contribution in [2.75, 3.05) is 46.8 Å². The monoisotopic (exact) mass is 446 g/mol. The van der Waals surface area contributed by atoms with Crippen molar-refractivity contribution in [3.05, 3.63) is 34.5 Å². The van der Waals surface area contributed by atoms with Gasteiger partial charge in [0.1, 0.15) is 18.7 Å². The minimum Gasteiger partial charge on any atom is -0.355 e. The largest absolute Gasteiger partial charge is 0.355 e. The highest BCUT2D eigenvalue weighted by Gasteiger charge is 2.24. The fourth-order valence-corrected chi connectivity index (χ4v) is 4.49. The number of hydrogen-bond donors (Lipinski definition) is 2. The molecule has 0 spiro atoms. The van der Waals surface area contributed by atoms with Gasteiger partial charge in [-0.1, -0.05) is 13.0 Å². The number of hydrogen-bond acceptors (Lipinski definition) is 6. The predicted octanol–water partition coefficient (Wildman–Crippen LogP) is 1.36. The quantitative estimate of drug-likeness (QED) is 0.423. The Balaban J connectivity index is 1.63. The maximum absolute atomic E-state index is 12.1. The summed E-state index contributed by atoms with van der Waals surface area (Å²) in [6.07, 6.45) is 5.09. The van der Waals surface area contributed by atoms with Gasteiger partial charge < -0.3 is 20.1 Å². The summed E-state index contributed by atoms with van der Waals surface area (Å²) >= 11 is 1.79. The number of aryl methyl sites for hydroxylation is 1. The van der Waals surface area contributed by atoms with E-state index in [1.165, 1.54) is 17.7 Å². The minimum atomic E-state index is -0.0254. The third-order valence-electron chi connectivity index (χ3n) is 5.44. The molecule has 1 amide bonds. The molecule has 1 fully saturated rings. The third kappa shape index (κ3) is 6.76. The van der Waals surface area contributed by atoms with Gasteiger partial charge in [-0.05, 0) is 37.4 Å². The Morgan fingerprint density at radius 3 is 2.81 bits per heavy atom. The molecule has 1 aliphatic rings. The van der Waals surface area contributed by atoms with Crippen LogP contribution in [-0.2, 0) is 17.8 Å². The first-order valence-corrected chi connectivity index (χ1v) is 11.8. The van der Waals surface area contributed by atoms with Crippen molar-refractivity contribution in [1.82, 2.24) is 35.2 Å². The van der Waals surface area contributed by atoms with Gasteiger partial charge in [-0.3, -0.25) is 9.69 Å². The van der Waals surface area contributed by atoms with Crippen molar-refractivity contribution in [2.24, 2.45) is 4.99 Å². The average molecular weight is 447 g/mol. The summed E-state index contributed by atoms with van der Waals surface area (Å²) in [7, 11) is 3.49. The van der Waals surface area contributed by atoms with Crippen molar-refractivity contribution in [2.45, 2.75) is 38.8 Å². The second kappa shape index (κ2) is 11.8. The van der Waals surface area contributed by atoms with Crippen LogP contribution < -0.4 is 10.6 Å². The van der Waals surface area contributed by atoms with E-state index in [9.17, 15) is 4.79 Å². The van der Waals surface area contributed by atoms with Crippen LogP contribution in [0.4, 0.5) is 0 Å². The van der Waals surface area contributed by atoms with Gasteiger partial charge in [0.15, 0.2) is 5.96 Å². The molecule has 9 nitrogen and oxygen atoms in total. The Morgan fingerprint density at radius 1 is 1.32 bits per heavy atom. The molecule has 0 aliphatic carbocycles. The number of guanidine groups is 1. The summed E-state index contributed by atoms with van der Waals surface area (Å²) in [5, 5.41) is 17.1. The lowest BCUT2D eigenvalue weighted by Gasteiger charge is -2.27. The van der Waals surface area contributed by atoms with E-state index in [1.54, 1.807) is 36.7 Å². The lowest BCUT2D eigenvalue weighted by atomic mass is 10.2. The third-order valence-corrected chi connectivity index (χ3v) is 6.42. The van der Waals surface area contributed by atoms with E-state index in [4.69, 9.17) is 0 Å². The zero-order valence-electron chi connectivity index (χ0n) is 18.8. The molecule has 0 radical (unpaired) electrons. The van der Waals surface area contributed by atoms with Crippen molar-refractivity contribution in [3.8, 4) is 0 Å². The fourth-order valence-electron chi connectivity index (χ4n) is 3.63. The number of thiophene rings is 1. The number of aliphatic imine (C=N–C) groups is 1. The molecule has 1 atom stereocenters. The van der Waals surface area contributed by atoms with E-state index < -0.39 is 0 Å². The van der Waals surface area contributed by atoms with Crippen molar-refractivity contribution < 1.29 is 4.79 Å². The summed E-state index contributed by atoms with van der Waals surface area (Å²) in [5.41, 5.74) is 0. The Kier molecular flexibility index (Phi) is 8.84. The fraction of sp³-hybridized carbons (Fsp3) is 0.619. The molecule has 3 rings (SSSR count). The first-order chi connectivity index (χ1) is 15.1. The summed E-state index contributed by atoms with van der Waals surface area (Å²) in [5.74, 6) is 1.59. The minimum absolute atomic E-state index is 0.0254. The second-order valence-corrected chi connectivity index (χ2v) is 8.81. The van der Waals surface area contributed by atoms with Crippen molar-refractivity contribution >= 4 is 23.2 Å². The number of nitrogens with zero attached hydrogens (tertiary/aromatic N) is 6. The lowest BCUT2D eigenvalue weighted by Crippen LogP contribution is -2.44. The van der Waals surface area contributed by atoms with Gasteiger partial charge in [0.2, 0.25) is 5.91 Å². The molecule has 1 aliphatic heterocycles. The van der Waals surface area contributed by atoms with Gasteiger partial charge in [-0.2, -0.15) is 0 Å². The number of likely N-dealkylation sites (tertiary alicyclic amines) is 1. The number of carbonyl (C=O) groups is 1. The summed E-state index contributed by atoms with van der Waals surface area (Å²) in [4.78, 5) is 22.0. The van der Waals surface area contributed by atoms with Gasteiger partial charge in [-0.15, -0.1) is 21.5 Å². The molecule has 1 unspecified atom stereocenters. The standard InChI is InChI=1S/C21H34N8OS/c1-4-19-26-25-16-29(19)12-9-22-21(24-15-20(30)27(2)3)23-14-17(18-8-7-13-31-18)28-10-5-6-11-28/h7-8,13,16-17H,4-6,9-12,14-15H2,1-3H3,(H2,22,23,24). The molecule has 31 heavy (non-hydrogen) atoms. The number of nitrogens with one attached hydrogen (secondary N) is 2.